The highest BCUT2D eigenvalue weighted by Crippen LogP contribution is 2.07. The predicted octanol–water partition coefficient (Wildman–Crippen LogP) is 2.22. The van der Waals surface area contributed by atoms with Crippen molar-refractivity contribution < 1.29 is 4.79 Å². The Labute approximate surface area is 90.2 Å². The zero-order valence-corrected chi connectivity index (χ0v) is 9.32. The molecule has 0 aliphatic carbocycles. The molecule has 0 spiro atoms. The fourth-order valence-electron chi connectivity index (χ4n) is 1.22. The number of nitrogens with zero attached hydrogens (tertiary/aromatic N) is 1. The molecule has 1 atom stereocenters. The summed E-state index contributed by atoms with van der Waals surface area (Å²) in [5, 5.41) is 2.85. The SMILES string of the molecule is CC(C)=CC(=O)NC(C)c1ccccn1. The minimum Gasteiger partial charge on any atom is -0.344 e. The Kier molecular flexibility index (Phi) is 4.03. The Bertz CT molecular complexity index is 353. The first-order chi connectivity index (χ1) is 7.09. The van der Waals surface area contributed by atoms with Crippen LogP contribution in [0.2, 0.25) is 0 Å². The van der Waals surface area contributed by atoms with Gasteiger partial charge < -0.3 is 5.32 Å². The molecule has 0 saturated heterocycles. The van der Waals surface area contributed by atoms with Crippen LogP contribution >= 0.6 is 0 Å². The molecule has 1 amide bonds. The van der Waals surface area contributed by atoms with Gasteiger partial charge in [-0.25, -0.2) is 0 Å². The van der Waals surface area contributed by atoms with Crippen molar-refractivity contribution in [2.75, 3.05) is 0 Å². The van der Waals surface area contributed by atoms with Crippen LogP contribution in [0.4, 0.5) is 0 Å². The molecule has 80 valence electrons. The number of allylic oxidation sites excluding steroid dienone is 1. The molecule has 3 nitrogen and oxygen atoms in total. The molecular formula is C12H16N2O. The fraction of sp³-hybridized carbons (Fsp3) is 0.333. The minimum absolute atomic E-state index is 0.0608. The second-order valence-corrected chi connectivity index (χ2v) is 3.71. The van der Waals surface area contributed by atoms with Crippen molar-refractivity contribution >= 4 is 5.91 Å². The van der Waals surface area contributed by atoms with Gasteiger partial charge in [0.15, 0.2) is 0 Å². The van der Waals surface area contributed by atoms with E-state index in [1.807, 2.05) is 39.0 Å². The Balaban J connectivity index is 2.61. The molecule has 0 aromatic carbocycles. The van der Waals surface area contributed by atoms with Gasteiger partial charge in [0.2, 0.25) is 5.91 Å². The summed E-state index contributed by atoms with van der Waals surface area (Å²) in [5.41, 5.74) is 1.86. The zero-order valence-electron chi connectivity index (χ0n) is 9.32. The molecule has 1 aromatic heterocycles. The topological polar surface area (TPSA) is 42.0 Å². The Morgan fingerprint density at radius 1 is 1.47 bits per heavy atom. The molecule has 1 rings (SSSR count). The van der Waals surface area contributed by atoms with Crippen LogP contribution in [-0.4, -0.2) is 10.9 Å². The summed E-state index contributed by atoms with van der Waals surface area (Å²) >= 11 is 0. The molecule has 0 radical (unpaired) electrons. The number of carbonyl (C=O) groups excluding carboxylic acids is 1. The third kappa shape index (κ3) is 3.94. The number of nitrogens with one attached hydrogen (secondary N) is 1. The van der Waals surface area contributed by atoms with Gasteiger partial charge in [-0.3, -0.25) is 9.78 Å². The summed E-state index contributed by atoms with van der Waals surface area (Å²) in [6.45, 7) is 5.70. The van der Waals surface area contributed by atoms with Crippen LogP contribution in [0.1, 0.15) is 32.5 Å². The molecule has 1 aromatic rings. The van der Waals surface area contributed by atoms with Crippen LogP contribution in [-0.2, 0) is 4.79 Å². The van der Waals surface area contributed by atoms with Crippen LogP contribution in [0.3, 0.4) is 0 Å². The number of hydrogen-bond acceptors (Lipinski definition) is 2. The third-order valence-electron chi connectivity index (χ3n) is 1.91. The predicted molar refractivity (Wildman–Crippen MR) is 60.2 cm³/mol. The Morgan fingerprint density at radius 2 is 2.20 bits per heavy atom. The standard InChI is InChI=1S/C12H16N2O/c1-9(2)8-12(15)14-10(3)11-6-4-5-7-13-11/h4-8,10H,1-3H3,(H,14,15). The summed E-state index contributed by atoms with van der Waals surface area (Å²) in [4.78, 5) is 15.6. The van der Waals surface area contributed by atoms with Crippen molar-refractivity contribution in [3.63, 3.8) is 0 Å². The van der Waals surface area contributed by atoms with E-state index >= 15 is 0 Å². The maximum absolute atomic E-state index is 11.4. The molecule has 0 aliphatic heterocycles. The van der Waals surface area contributed by atoms with Crippen LogP contribution in [0.15, 0.2) is 36.0 Å². The molecule has 0 aliphatic rings. The van der Waals surface area contributed by atoms with E-state index < -0.39 is 0 Å². The average Bonchev–Trinajstić information content (AvgIpc) is 2.17. The molecule has 15 heavy (non-hydrogen) atoms. The molecule has 1 N–H and O–H groups in total. The van der Waals surface area contributed by atoms with Crippen LogP contribution in [0.5, 0.6) is 0 Å². The van der Waals surface area contributed by atoms with E-state index in [2.05, 4.69) is 10.3 Å². The number of amides is 1. The molecule has 0 fully saturated rings. The van der Waals surface area contributed by atoms with Gasteiger partial charge in [-0.1, -0.05) is 11.6 Å². The number of pyridine rings is 1. The third-order valence-corrected chi connectivity index (χ3v) is 1.91. The minimum atomic E-state index is -0.0758. The number of aromatic nitrogens is 1. The van der Waals surface area contributed by atoms with Crippen molar-refractivity contribution in [3.8, 4) is 0 Å². The smallest absolute Gasteiger partial charge is 0.244 e. The van der Waals surface area contributed by atoms with E-state index in [0.29, 0.717) is 0 Å². The Hall–Kier alpha value is -1.64. The average molecular weight is 204 g/mol. The summed E-state index contributed by atoms with van der Waals surface area (Å²) in [6.07, 6.45) is 3.30. The molecule has 1 heterocycles. The van der Waals surface area contributed by atoms with Gasteiger partial charge in [0.05, 0.1) is 11.7 Å². The molecule has 0 bridgehead atoms. The summed E-state index contributed by atoms with van der Waals surface area (Å²) in [7, 11) is 0. The fourth-order valence-corrected chi connectivity index (χ4v) is 1.22. The van der Waals surface area contributed by atoms with E-state index in [4.69, 9.17) is 0 Å². The first kappa shape index (κ1) is 11.4. The number of rotatable bonds is 3. The highest BCUT2D eigenvalue weighted by Gasteiger charge is 2.07. The van der Waals surface area contributed by atoms with Gasteiger partial charge in [-0.15, -0.1) is 0 Å². The van der Waals surface area contributed by atoms with Crippen LogP contribution in [0, 0.1) is 0 Å². The largest absolute Gasteiger partial charge is 0.344 e. The first-order valence-corrected chi connectivity index (χ1v) is 4.96. The van der Waals surface area contributed by atoms with Gasteiger partial charge in [0.1, 0.15) is 0 Å². The van der Waals surface area contributed by atoms with Crippen molar-refractivity contribution in [1.82, 2.24) is 10.3 Å². The first-order valence-electron chi connectivity index (χ1n) is 4.96. The monoisotopic (exact) mass is 204 g/mol. The summed E-state index contributed by atoms with van der Waals surface area (Å²) in [5.74, 6) is -0.0758. The lowest BCUT2D eigenvalue weighted by molar-refractivity contribution is -0.117. The highest BCUT2D eigenvalue weighted by atomic mass is 16.1. The molecule has 3 heteroatoms. The maximum atomic E-state index is 11.4. The quantitative estimate of drug-likeness (QED) is 0.767. The Morgan fingerprint density at radius 3 is 2.73 bits per heavy atom. The van der Waals surface area contributed by atoms with Gasteiger partial charge >= 0.3 is 0 Å². The van der Waals surface area contributed by atoms with E-state index in [9.17, 15) is 4.79 Å². The maximum Gasteiger partial charge on any atom is 0.244 e. The lowest BCUT2D eigenvalue weighted by Gasteiger charge is -2.11. The second kappa shape index (κ2) is 5.29. The van der Waals surface area contributed by atoms with Gasteiger partial charge in [0.25, 0.3) is 0 Å². The molecule has 0 saturated carbocycles. The van der Waals surface area contributed by atoms with Crippen molar-refractivity contribution in [2.24, 2.45) is 0 Å². The van der Waals surface area contributed by atoms with Gasteiger partial charge in [-0.05, 0) is 32.9 Å². The van der Waals surface area contributed by atoms with Crippen molar-refractivity contribution in [1.29, 1.82) is 0 Å². The van der Waals surface area contributed by atoms with Crippen molar-refractivity contribution in [3.05, 3.63) is 41.7 Å². The lowest BCUT2D eigenvalue weighted by atomic mass is 10.2. The van der Waals surface area contributed by atoms with Crippen molar-refractivity contribution in [2.45, 2.75) is 26.8 Å². The van der Waals surface area contributed by atoms with Crippen LogP contribution < -0.4 is 5.32 Å². The van der Waals surface area contributed by atoms with Gasteiger partial charge in [0, 0.05) is 12.3 Å². The zero-order chi connectivity index (χ0) is 11.3. The van der Waals surface area contributed by atoms with Crippen LogP contribution in [0.25, 0.3) is 0 Å². The number of hydrogen-bond donors (Lipinski definition) is 1. The molecule has 1 unspecified atom stereocenters. The number of carbonyl (C=O) groups is 1. The normalized spacial score (nSPS) is 11.7. The van der Waals surface area contributed by atoms with E-state index in [1.54, 1.807) is 12.3 Å². The summed E-state index contributed by atoms with van der Waals surface area (Å²) in [6, 6.07) is 5.60. The highest BCUT2D eigenvalue weighted by molar-refractivity contribution is 5.88. The van der Waals surface area contributed by atoms with E-state index in [-0.39, 0.29) is 11.9 Å². The van der Waals surface area contributed by atoms with E-state index in [1.165, 1.54) is 0 Å². The van der Waals surface area contributed by atoms with Gasteiger partial charge in [-0.2, -0.15) is 0 Å². The second-order valence-electron chi connectivity index (χ2n) is 3.71. The van der Waals surface area contributed by atoms with E-state index in [0.717, 1.165) is 11.3 Å². The summed E-state index contributed by atoms with van der Waals surface area (Å²) < 4.78 is 0. The molecular weight excluding hydrogens is 188 g/mol. The lowest BCUT2D eigenvalue weighted by Crippen LogP contribution is -2.25.